The summed E-state index contributed by atoms with van der Waals surface area (Å²) < 4.78 is 19.1. The maximum Gasteiger partial charge on any atom is 0.127 e. The molecule has 2 atom stereocenters. The van der Waals surface area contributed by atoms with Crippen molar-refractivity contribution in [3.63, 3.8) is 0 Å². The van der Waals surface area contributed by atoms with E-state index < -0.39 is 0 Å². The van der Waals surface area contributed by atoms with E-state index in [9.17, 15) is 4.39 Å². The lowest BCUT2D eigenvalue weighted by Crippen LogP contribution is -2.32. The van der Waals surface area contributed by atoms with Gasteiger partial charge in [-0.25, -0.2) is 4.39 Å². The number of hydrogen-bond acceptors (Lipinski definition) is 2. The maximum absolute atomic E-state index is 13.2. The molecule has 17 heavy (non-hydrogen) atoms. The minimum Gasteiger partial charge on any atom is -0.490 e. The fourth-order valence-electron chi connectivity index (χ4n) is 2.46. The largest absolute Gasteiger partial charge is 0.490 e. The molecule has 0 saturated heterocycles. The first-order valence-corrected chi connectivity index (χ1v) is 6.23. The molecule has 94 valence electrons. The van der Waals surface area contributed by atoms with Gasteiger partial charge in [-0.3, -0.25) is 0 Å². The van der Waals surface area contributed by atoms with Gasteiger partial charge in [-0.05, 0) is 25.5 Å². The summed E-state index contributed by atoms with van der Waals surface area (Å²) in [7, 11) is 1.94. The Morgan fingerprint density at radius 2 is 2.24 bits per heavy atom. The molecular formula is C14H20FNO. The third kappa shape index (κ3) is 2.78. The second-order valence-electron chi connectivity index (χ2n) is 5.13. The van der Waals surface area contributed by atoms with Crippen molar-refractivity contribution >= 4 is 0 Å². The van der Waals surface area contributed by atoms with Gasteiger partial charge < -0.3 is 10.1 Å². The van der Waals surface area contributed by atoms with Crippen molar-refractivity contribution in [2.24, 2.45) is 5.92 Å². The molecule has 0 aliphatic carbocycles. The molecule has 0 bridgehead atoms. The second kappa shape index (κ2) is 5.05. The summed E-state index contributed by atoms with van der Waals surface area (Å²) in [6.07, 6.45) is 2.14. The van der Waals surface area contributed by atoms with Crippen molar-refractivity contribution in [2.75, 3.05) is 7.05 Å². The first-order valence-electron chi connectivity index (χ1n) is 6.23. The van der Waals surface area contributed by atoms with Gasteiger partial charge in [0.05, 0.1) is 0 Å². The van der Waals surface area contributed by atoms with Gasteiger partial charge in [0, 0.05) is 24.1 Å². The molecule has 0 radical (unpaired) electrons. The molecule has 2 unspecified atom stereocenters. The van der Waals surface area contributed by atoms with Gasteiger partial charge in [0.1, 0.15) is 17.7 Å². The Morgan fingerprint density at radius 3 is 2.88 bits per heavy atom. The number of fused-ring (bicyclic) bond motifs is 1. The van der Waals surface area contributed by atoms with Gasteiger partial charge in [-0.1, -0.05) is 19.9 Å². The van der Waals surface area contributed by atoms with E-state index in [1.54, 1.807) is 0 Å². The standard InChI is InChI=1S/C14H20FNO/c1-9(2)6-11-8-13(16-3)12-5-4-10(15)7-14(12)17-11/h4-5,7,9,11,13,16H,6,8H2,1-3H3. The summed E-state index contributed by atoms with van der Waals surface area (Å²) in [5, 5.41) is 3.28. The molecule has 1 aromatic carbocycles. The highest BCUT2D eigenvalue weighted by Gasteiger charge is 2.27. The monoisotopic (exact) mass is 237 g/mol. The van der Waals surface area contributed by atoms with Crippen LogP contribution in [0.4, 0.5) is 4.39 Å². The highest BCUT2D eigenvalue weighted by Crippen LogP contribution is 2.36. The topological polar surface area (TPSA) is 21.3 Å². The van der Waals surface area contributed by atoms with Crippen molar-refractivity contribution in [3.05, 3.63) is 29.6 Å². The van der Waals surface area contributed by atoms with E-state index in [1.807, 2.05) is 13.1 Å². The fourth-order valence-corrected chi connectivity index (χ4v) is 2.46. The van der Waals surface area contributed by atoms with Gasteiger partial charge in [0.2, 0.25) is 0 Å². The first-order chi connectivity index (χ1) is 8.10. The normalized spacial score (nSPS) is 23.4. The number of rotatable bonds is 3. The Bertz CT molecular complexity index is 392. The molecular weight excluding hydrogens is 217 g/mol. The van der Waals surface area contributed by atoms with Crippen molar-refractivity contribution in [2.45, 2.75) is 38.8 Å². The van der Waals surface area contributed by atoms with Crippen LogP contribution in [0.3, 0.4) is 0 Å². The summed E-state index contributed by atoms with van der Waals surface area (Å²) in [5.41, 5.74) is 1.06. The van der Waals surface area contributed by atoms with Gasteiger partial charge in [0.15, 0.2) is 0 Å². The average molecular weight is 237 g/mol. The Hall–Kier alpha value is -1.09. The summed E-state index contributed by atoms with van der Waals surface area (Å²) in [6, 6.07) is 5.07. The van der Waals surface area contributed by atoms with Crippen molar-refractivity contribution in [1.82, 2.24) is 5.32 Å². The Kier molecular flexibility index (Phi) is 3.67. The quantitative estimate of drug-likeness (QED) is 0.871. The molecule has 0 aromatic heterocycles. The van der Waals surface area contributed by atoms with Crippen LogP contribution in [0.1, 0.15) is 38.3 Å². The minimum atomic E-state index is -0.233. The average Bonchev–Trinajstić information content (AvgIpc) is 2.26. The zero-order chi connectivity index (χ0) is 12.4. The number of ether oxygens (including phenoxy) is 1. The molecule has 0 spiro atoms. The van der Waals surface area contributed by atoms with Gasteiger partial charge >= 0.3 is 0 Å². The van der Waals surface area contributed by atoms with Crippen LogP contribution in [0.15, 0.2) is 18.2 Å². The van der Waals surface area contributed by atoms with Crippen LogP contribution in [-0.4, -0.2) is 13.2 Å². The number of benzene rings is 1. The highest BCUT2D eigenvalue weighted by molar-refractivity contribution is 5.38. The van der Waals surface area contributed by atoms with Gasteiger partial charge in [0.25, 0.3) is 0 Å². The zero-order valence-electron chi connectivity index (χ0n) is 10.7. The second-order valence-corrected chi connectivity index (χ2v) is 5.13. The molecule has 2 nitrogen and oxygen atoms in total. The molecule has 0 fully saturated rings. The maximum atomic E-state index is 13.2. The molecule has 1 N–H and O–H groups in total. The molecule has 2 rings (SSSR count). The van der Waals surface area contributed by atoms with Gasteiger partial charge in [-0.2, -0.15) is 0 Å². The summed E-state index contributed by atoms with van der Waals surface area (Å²) in [4.78, 5) is 0. The molecule has 3 heteroatoms. The third-order valence-electron chi connectivity index (χ3n) is 3.23. The van der Waals surface area contributed by atoms with Gasteiger partial charge in [-0.15, -0.1) is 0 Å². The molecule has 0 saturated carbocycles. The summed E-state index contributed by atoms with van der Waals surface area (Å²) in [6.45, 7) is 4.36. The number of hydrogen-bond donors (Lipinski definition) is 1. The lowest BCUT2D eigenvalue weighted by atomic mass is 9.92. The molecule has 1 aliphatic heterocycles. The number of halogens is 1. The van der Waals surface area contributed by atoms with E-state index in [2.05, 4.69) is 19.2 Å². The van der Waals surface area contributed by atoms with Crippen LogP contribution < -0.4 is 10.1 Å². The van der Waals surface area contributed by atoms with Crippen LogP contribution >= 0.6 is 0 Å². The SMILES string of the molecule is CNC1CC(CC(C)C)Oc2cc(F)ccc21. The van der Waals surface area contributed by atoms with Crippen LogP contribution in [0.25, 0.3) is 0 Å². The smallest absolute Gasteiger partial charge is 0.127 e. The third-order valence-corrected chi connectivity index (χ3v) is 3.23. The molecule has 1 aromatic rings. The van der Waals surface area contributed by atoms with Crippen molar-refractivity contribution in [1.29, 1.82) is 0 Å². The Morgan fingerprint density at radius 1 is 1.47 bits per heavy atom. The minimum absolute atomic E-state index is 0.182. The fraction of sp³-hybridized carbons (Fsp3) is 0.571. The predicted molar refractivity (Wildman–Crippen MR) is 66.7 cm³/mol. The summed E-state index contributed by atoms with van der Waals surface area (Å²) in [5.74, 6) is 1.05. The van der Waals surface area contributed by atoms with E-state index >= 15 is 0 Å². The summed E-state index contributed by atoms with van der Waals surface area (Å²) >= 11 is 0. The van der Waals surface area contributed by atoms with Crippen molar-refractivity contribution in [3.8, 4) is 5.75 Å². The van der Waals surface area contributed by atoms with E-state index in [0.717, 1.165) is 18.4 Å². The predicted octanol–water partition coefficient (Wildman–Crippen LogP) is 3.28. The van der Waals surface area contributed by atoms with E-state index in [0.29, 0.717) is 11.7 Å². The van der Waals surface area contributed by atoms with Crippen LogP contribution in [0.5, 0.6) is 5.75 Å². The Labute approximate surface area is 102 Å². The lowest BCUT2D eigenvalue weighted by molar-refractivity contribution is 0.129. The molecule has 1 aliphatic rings. The Balaban J connectivity index is 2.24. The highest BCUT2D eigenvalue weighted by atomic mass is 19.1. The number of nitrogens with one attached hydrogen (secondary N) is 1. The zero-order valence-corrected chi connectivity index (χ0v) is 10.7. The lowest BCUT2D eigenvalue weighted by Gasteiger charge is -2.33. The van der Waals surface area contributed by atoms with Crippen molar-refractivity contribution < 1.29 is 9.13 Å². The van der Waals surface area contributed by atoms with E-state index in [-0.39, 0.29) is 18.0 Å². The van der Waals surface area contributed by atoms with E-state index in [4.69, 9.17) is 4.74 Å². The van der Waals surface area contributed by atoms with Crippen LogP contribution in [0.2, 0.25) is 0 Å². The van der Waals surface area contributed by atoms with E-state index in [1.165, 1.54) is 12.1 Å². The molecule has 0 amide bonds. The van der Waals surface area contributed by atoms with Crippen LogP contribution in [0, 0.1) is 11.7 Å². The van der Waals surface area contributed by atoms with Crippen LogP contribution in [-0.2, 0) is 0 Å². The molecule has 1 heterocycles. The first kappa shape index (κ1) is 12.4.